The predicted octanol–water partition coefficient (Wildman–Crippen LogP) is 4.52. The third-order valence-corrected chi connectivity index (χ3v) is 4.79. The van der Waals surface area contributed by atoms with Gasteiger partial charge in [-0.15, -0.1) is 0 Å². The number of nitrogens with zero attached hydrogens (tertiary/aromatic N) is 2. The molecule has 4 aromatic rings. The number of aromatic nitrogens is 2. The van der Waals surface area contributed by atoms with Gasteiger partial charge in [-0.05, 0) is 24.6 Å². The van der Waals surface area contributed by atoms with Gasteiger partial charge in [-0.3, -0.25) is 9.59 Å². The number of para-hydroxylation sites is 1. The number of rotatable bonds is 5. The maximum absolute atomic E-state index is 12.7. The van der Waals surface area contributed by atoms with E-state index in [2.05, 4.69) is 10.4 Å². The maximum atomic E-state index is 12.7. The van der Waals surface area contributed by atoms with Gasteiger partial charge in [0, 0.05) is 22.9 Å². The zero-order chi connectivity index (χ0) is 20.9. The van der Waals surface area contributed by atoms with Crippen molar-refractivity contribution in [1.82, 2.24) is 9.78 Å². The van der Waals surface area contributed by atoms with Crippen molar-refractivity contribution in [2.75, 3.05) is 5.32 Å². The fourth-order valence-corrected chi connectivity index (χ4v) is 3.23. The van der Waals surface area contributed by atoms with Crippen LogP contribution in [0.15, 0.2) is 95.8 Å². The Morgan fingerprint density at radius 3 is 2.30 bits per heavy atom. The topological polar surface area (TPSA) is 64.0 Å². The molecule has 3 aromatic carbocycles. The van der Waals surface area contributed by atoms with E-state index in [1.165, 1.54) is 10.7 Å². The first-order valence-corrected chi connectivity index (χ1v) is 9.70. The molecule has 1 aromatic heterocycles. The second kappa shape index (κ2) is 8.57. The van der Waals surface area contributed by atoms with Gasteiger partial charge in [-0.25, -0.2) is 4.68 Å². The SMILES string of the molecule is Cc1ccc(-c2ccc(=O)n(CC(=O)Nc3ccccc3-c3ccccc3)n2)cc1. The Kier molecular flexibility index (Phi) is 5.52. The molecule has 0 saturated carbocycles. The van der Waals surface area contributed by atoms with Crippen molar-refractivity contribution < 1.29 is 4.79 Å². The standard InChI is InChI=1S/C25H21N3O2/c1-18-11-13-20(14-12-18)22-15-16-25(30)28(27-22)17-24(29)26-23-10-6-5-9-21(23)19-7-3-2-4-8-19/h2-16H,17H2,1H3,(H,26,29). The van der Waals surface area contributed by atoms with E-state index >= 15 is 0 Å². The number of aryl methyl sites for hydroxylation is 1. The number of anilines is 1. The van der Waals surface area contributed by atoms with Crippen LogP contribution in [0.5, 0.6) is 0 Å². The number of benzene rings is 3. The largest absolute Gasteiger partial charge is 0.324 e. The average molecular weight is 395 g/mol. The summed E-state index contributed by atoms with van der Waals surface area (Å²) in [5.74, 6) is -0.311. The van der Waals surface area contributed by atoms with Gasteiger partial charge in [0.2, 0.25) is 5.91 Å². The molecule has 1 amide bonds. The van der Waals surface area contributed by atoms with Crippen LogP contribution in [-0.2, 0) is 11.3 Å². The first kappa shape index (κ1) is 19.3. The minimum Gasteiger partial charge on any atom is -0.324 e. The zero-order valence-corrected chi connectivity index (χ0v) is 16.6. The first-order valence-electron chi connectivity index (χ1n) is 9.70. The highest BCUT2D eigenvalue weighted by Crippen LogP contribution is 2.27. The maximum Gasteiger partial charge on any atom is 0.267 e. The smallest absolute Gasteiger partial charge is 0.267 e. The fourth-order valence-electron chi connectivity index (χ4n) is 3.23. The summed E-state index contributed by atoms with van der Waals surface area (Å²) in [5.41, 5.74) is 4.97. The molecule has 0 aliphatic heterocycles. The molecule has 0 fully saturated rings. The van der Waals surface area contributed by atoms with Crippen LogP contribution in [0, 0.1) is 6.92 Å². The quantitative estimate of drug-likeness (QED) is 0.540. The van der Waals surface area contributed by atoms with Crippen molar-refractivity contribution >= 4 is 11.6 Å². The highest BCUT2D eigenvalue weighted by atomic mass is 16.2. The predicted molar refractivity (Wildman–Crippen MR) is 119 cm³/mol. The van der Waals surface area contributed by atoms with Gasteiger partial charge in [0.1, 0.15) is 6.54 Å². The number of amides is 1. The van der Waals surface area contributed by atoms with Crippen LogP contribution in [-0.4, -0.2) is 15.7 Å². The highest BCUT2D eigenvalue weighted by Gasteiger charge is 2.11. The molecule has 148 valence electrons. The Morgan fingerprint density at radius 1 is 0.833 bits per heavy atom. The molecule has 30 heavy (non-hydrogen) atoms. The number of carbonyl (C=O) groups is 1. The summed E-state index contributed by atoms with van der Waals surface area (Å²) < 4.78 is 1.19. The van der Waals surface area contributed by atoms with Crippen molar-refractivity contribution in [3.63, 3.8) is 0 Å². The van der Waals surface area contributed by atoms with E-state index in [1.807, 2.05) is 85.8 Å². The van der Waals surface area contributed by atoms with Crippen LogP contribution < -0.4 is 10.9 Å². The van der Waals surface area contributed by atoms with E-state index in [9.17, 15) is 9.59 Å². The van der Waals surface area contributed by atoms with Gasteiger partial charge in [-0.1, -0.05) is 78.4 Å². The third-order valence-electron chi connectivity index (χ3n) is 4.79. The minimum absolute atomic E-state index is 0.165. The van der Waals surface area contributed by atoms with Gasteiger partial charge in [0.15, 0.2) is 0 Å². The number of nitrogens with one attached hydrogen (secondary N) is 1. The summed E-state index contributed by atoms with van der Waals surface area (Å²) in [4.78, 5) is 25.0. The molecule has 0 radical (unpaired) electrons. The van der Waals surface area contributed by atoms with E-state index in [0.717, 1.165) is 22.3 Å². The minimum atomic E-state index is -0.322. The number of carbonyl (C=O) groups excluding carboxylic acids is 1. The summed E-state index contributed by atoms with van der Waals surface area (Å²) >= 11 is 0. The van der Waals surface area contributed by atoms with E-state index in [4.69, 9.17) is 0 Å². The Hall–Kier alpha value is -3.99. The van der Waals surface area contributed by atoms with Crippen LogP contribution in [0.2, 0.25) is 0 Å². The van der Waals surface area contributed by atoms with Gasteiger partial charge >= 0.3 is 0 Å². The molecule has 4 rings (SSSR count). The normalized spacial score (nSPS) is 10.6. The average Bonchev–Trinajstić information content (AvgIpc) is 2.77. The Labute approximate surface area is 174 Å². The van der Waals surface area contributed by atoms with Gasteiger partial charge < -0.3 is 5.32 Å². The lowest BCUT2D eigenvalue weighted by molar-refractivity contribution is -0.117. The second-order valence-corrected chi connectivity index (χ2v) is 7.04. The summed E-state index contributed by atoms with van der Waals surface area (Å²) in [7, 11) is 0. The molecule has 0 spiro atoms. The van der Waals surface area contributed by atoms with Crippen molar-refractivity contribution in [2.24, 2.45) is 0 Å². The molecule has 1 N–H and O–H groups in total. The van der Waals surface area contributed by atoms with E-state index < -0.39 is 0 Å². The lowest BCUT2D eigenvalue weighted by Crippen LogP contribution is -2.29. The van der Waals surface area contributed by atoms with Gasteiger partial charge in [0.05, 0.1) is 5.69 Å². The molecular weight excluding hydrogens is 374 g/mol. The van der Waals surface area contributed by atoms with E-state index in [0.29, 0.717) is 11.4 Å². The molecule has 0 atom stereocenters. The summed E-state index contributed by atoms with van der Waals surface area (Å²) in [6.45, 7) is 1.84. The molecule has 5 nitrogen and oxygen atoms in total. The molecule has 5 heteroatoms. The van der Waals surface area contributed by atoms with Gasteiger partial charge in [-0.2, -0.15) is 5.10 Å². The van der Waals surface area contributed by atoms with Crippen LogP contribution in [0.25, 0.3) is 22.4 Å². The lowest BCUT2D eigenvalue weighted by Gasteiger charge is -2.12. The van der Waals surface area contributed by atoms with E-state index in [1.54, 1.807) is 6.07 Å². The first-order chi connectivity index (χ1) is 14.6. The molecule has 0 aliphatic rings. The van der Waals surface area contributed by atoms with Gasteiger partial charge in [0.25, 0.3) is 5.56 Å². The Balaban J connectivity index is 1.56. The molecule has 1 heterocycles. The molecular formula is C25H21N3O2. The molecule has 0 saturated heterocycles. The monoisotopic (exact) mass is 395 g/mol. The van der Waals surface area contributed by atoms with Crippen molar-refractivity contribution in [3.8, 4) is 22.4 Å². The van der Waals surface area contributed by atoms with Crippen molar-refractivity contribution in [1.29, 1.82) is 0 Å². The van der Waals surface area contributed by atoms with E-state index in [-0.39, 0.29) is 18.0 Å². The van der Waals surface area contributed by atoms with Crippen LogP contribution in [0.1, 0.15) is 5.56 Å². The Morgan fingerprint density at radius 2 is 1.53 bits per heavy atom. The van der Waals surface area contributed by atoms with Crippen LogP contribution in [0.4, 0.5) is 5.69 Å². The van der Waals surface area contributed by atoms with Crippen LogP contribution >= 0.6 is 0 Å². The molecule has 0 unspecified atom stereocenters. The summed E-state index contributed by atoms with van der Waals surface area (Å²) in [6, 6.07) is 28.4. The Bertz CT molecular complexity index is 1230. The second-order valence-electron chi connectivity index (χ2n) is 7.04. The fraction of sp³-hybridized carbons (Fsp3) is 0.0800. The van der Waals surface area contributed by atoms with Crippen molar-refractivity contribution in [3.05, 3.63) is 107 Å². The van der Waals surface area contributed by atoms with Crippen molar-refractivity contribution in [2.45, 2.75) is 13.5 Å². The lowest BCUT2D eigenvalue weighted by atomic mass is 10.0. The molecule has 0 aliphatic carbocycles. The summed E-state index contributed by atoms with van der Waals surface area (Å²) in [6.07, 6.45) is 0. The molecule has 0 bridgehead atoms. The number of hydrogen-bond acceptors (Lipinski definition) is 3. The highest BCUT2D eigenvalue weighted by molar-refractivity contribution is 5.95. The van der Waals surface area contributed by atoms with Crippen LogP contribution in [0.3, 0.4) is 0 Å². The zero-order valence-electron chi connectivity index (χ0n) is 16.6. The third kappa shape index (κ3) is 4.36. The number of hydrogen-bond donors (Lipinski definition) is 1. The summed E-state index contributed by atoms with van der Waals surface area (Å²) in [5, 5.41) is 7.29.